The number of sulfone groups is 1. The molecule has 0 amide bonds. The van der Waals surface area contributed by atoms with Crippen molar-refractivity contribution in [3.05, 3.63) is 0 Å². The van der Waals surface area contributed by atoms with E-state index in [9.17, 15) is 8.42 Å². The molecule has 0 bridgehead atoms. The Morgan fingerprint density at radius 2 is 1.65 bits per heavy atom. The van der Waals surface area contributed by atoms with Crippen molar-refractivity contribution in [2.45, 2.75) is 64.7 Å². The van der Waals surface area contributed by atoms with Crippen LogP contribution in [0.4, 0.5) is 0 Å². The lowest BCUT2D eigenvalue weighted by molar-refractivity contribution is 0.0739. The van der Waals surface area contributed by atoms with Gasteiger partial charge in [-0.2, -0.15) is 0 Å². The van der Waals surface area contributed by atoms with E-state index in [1.807, 2.05) is 0 Å². The standard InChI is InChI=1S/C16H31NO2S/c1-2-20(18,19)14-8-13-17-12-7-11-16(15-17)9-5-3-4-6-10-16/h2-15H2,1H3. The molecule has 20 heavy (non-hydrogen) atoms. The van der Waals surface area contributed by atoms with Gasteiger partial charge < -0.3 is 4.90 Å². The van der Waals surface area contributed by atoms with Crippen LogP contribution in [0, 0.1) is 5.41 Å². The molecule has 0 aromatic rings. The second-order valence-electron chi connectivity index (χ2n) is 6.88. The van der Waals surface area contributed by atoms with Gasteiger partial charge in [-0.15, -0.1) is 0 Å². The molecule has 1 aliphatic heterocycles. The fraction of sp³-hybridized carbons (Fsp3) is 1.00. The van der Waals surface area contributed by atoms with Crippen molar-refractivity contribution in [1.82, 2.24) is 4.90 Å². The summed E-state index contributed by atoms with van der Waals surface area (Å²) in [6.07, 6.45) is 11.9. The summed E-state index contributed by atoms with van der Waals surface area (Å²) in [5.74, 6) is 0.657. The summed E-state index contributed by atoms with van der Waals surface area (Å²) in [6.45, 7) is 5.12. The number of nitrogens with zero attached hydrogens (tertiary/aromatic N) is 1. The maximum Gasteiger partial charge on any atom is 0.150 e. The predicted octanol–water partition coefficient (Wildman–Crippen LogP) is 3.25. The Morgan fingerprint density at radius 1 is 1.00 bits per heavy atom. The van der Waals surface area contributed by atoms with Crippen molar-refractivity contribution in [2.75, 3.05) is 31.1 Å². The van der Waals surface area contributed by atoms with E-state index in [4.69, 9.17) is 0 Å². The molecule has 0 atom stereocenters. The molecule has 1 aliphatic carbocycles. The molecule has 2 rings (SSSR count). The minimum absolute atomic E-state index is 0.289. The molecule has 0 aromatic heterocycles. The molecule has 1 saturated carbocycles. The fourth-order valence-corrected chi connectivity index (χ4v) is 4.90. The Balaban J connectivity index is 1.81. The van der Waals surface area contributed by atoms with Gasteiger partial charge in [-0.3, -0.25) is 0 Å². The smallest absolute Gasteiger partial charge is 0.150 e. The highest BCUT2D eigenvalue weighted by Crippen LogP contribution is 2.42. The van der Waals surface area contributed by atoms with Crippen molar-refractivity contribution < 1.29 is 8.42 Å². The van der Waals surface area contributed by atoms with E-state index in [2.05, 4.69) is 4.90 Å². The average Bonchev–Trinajstić information content (AvgIpc) is 2.64. The van der Waals surface area contributed by atoms with Crippen LogP contribution in [0.15, 0.2) is 0 Å². The topological polar surface area (TPSA) is 37.4 Å². The van der Waals surface area contributed by atoms with Crippen molar-refractivity contribution in [3.8, 4) is 0 Å². The van der Waals surface area contributed by atoms with Gasteiger partial charge in [0.25, 0.3) is 0 Å². The zero-order valence-corrected chi connectivity index (χ0v) is 13.9. The first-order valence-corrected chi connectivity index (χ1v) is 10.3. The lowest BCUT2D eigenvalue weighted by Gasteiger charge is -2.43. The Morgan fingerprint density at radius 3 is 2.30 bits per heavy atom. The van der Waals surface area contributed by atoms with Crippen LogP contribution in [0.1, 0.15) is 64.7 Å². The van der Waals surface area contributed by atoms with Crippen LogP contribution in [0.5, 0.6) is 0 Å². The molecule has 0 aromatic carbocycles. The molecule has 1 heterocycles. The second kappa shape index (κ2) is 7.26. The van der Waals surface area contributed by atoms with Gasteiger partial charge >= 0.3 is 0 Å². The molecular weight excluding hydrogens is 270 g/mol. The summed E-state index contributed by atoms with van der Waals surface area (Å²) in [5, 5.41) is 0. The van der Waals surface area contributed by atoms with Crippen molar-refractivity contribution in [2.24, 2.45) is 5.41 Å². The highest BCUT2D eigenvalue weighted by molar-refractivity contribution is 7.91. The highest BCUT2D eigenvalue weighted by atomic mass is 32.2. The number of hydrogen-bond acceptors (Lipinski definition) is 3. The normalized spacial score (nSPS) is 24.6. The van der Waals surface area contributed by atoms with Crippen LogP contribution in [0.25, 0.3) is 0 Å². The lowest BCUT2D eigenvalue weighted by atomic mass is 9.74. The van der Waals surface area contributed by atoms with Gasteiger partial charge in [-0.1, -0.05) is 32.6 Å². The first-order chi connectivity index (χ1) is 9.55. The van der Waals surface area contributed by atoms with Crippen molar-refractivity contribution in [1.29, 1.82) is 0 Å². The van der Waals surface area contributed by atoms with Crippen molar-refractivity contribution in [3.63, 3.8) is 0 Å². The van der Waals surface area contributed by atoms with Gasteiger partial charge in [0.1, 0.15) is 9.84 Å². The van der Waals surface area contributed by atoms with E-state index >= 15 is 0 Å². The van der Waals surface area contributed by atoms with Crippen LogP contribution in [0.2, 0.25) is 0 Å². The fourth-order valence-electron chi connectivity index (χ4n) is 4.04. The molecule has 4 heteroatoms. The van der Waals surface area contributed by atoms with E-state index < -0.39 is 9.84 Å². The molecule has 1 saturated heterocycles. The van der Waals surface area contributed by atoms with Gasteiger partial charge in [0.15, 0.2) is 0 Å². The monoisotopic (exact) mass is 301 g/mol. The van der Waals surface area contributed by atoms with Crippen LogP contribution in [-0.2, 0) is 9.84 Å². The largest absolute Gasteiger partial charge is 0.303 e. The summed E-state index contributed by atoms with van der Waals surface area (Å²) >= 11 is 0. The molecule has 2 fully saturated rings. The molecule has 0 radical (unpaired) electrons. The van der Waals surface area contributed by atoms with Gasteiger partial charge in [0, 0.05) is 12.3 Å². The minimum Gasteiger partial charge on any atom is -0.303 e. The Hall–Kier alpha value is -0.0900. The predicted molar refractivity (Wildman–Crippen MR) is 84.8 cm³/mol. The van der Waals surface area contributed by atoms with Gasteiger partial charge in [0.2, 0.25) is 0 Å². The first kappa shape index (κ1) is 16.3. The molecular formula is C16H31NO2S. The maximum atomic E-state index is 11.6. The third-order valence-corrected chi connectivity index (χ3v) is 7.06. The van der Waals surface area contributed by atoms with Crippen LogP contribution >= 0.6 is 0 Å². The molecule has 3 nitrogen and oxygen atoms in total. The number of hydrogen-bond donors (Lipinski definition) is 0. The Bertz CT molecular complexity index is 383. The van der Waals surface area contributed by atoms with Crippen LogP contribution < -0.4 is 0 Å². The summed E-state index contributed by atoms with van der Waals surface area (Å²) in [4.78, 5) is 2.54. The zero-order valence-electron chi connectivity index (χ0n) is 13.1. The van der Waals surface area contributed by atoms with Gasteiger partial charge in [-0.25, -0.2) is 8.42 Å². The molecule has 0 unspecified atom stereocenters. The third kappa shape index (κ3) is 4.73. The summed E-state index contributed by atoms with van der Waals surface area (Å²) in [5.41, 5.74) is 0.568. The molecule has 2 aliphatic rings. The van der Waals surface area contributed by atoms with Crippen LogP contribution in [-0.4, -0.2) is 44.5 Å². The van der Waals surface area contributed by atoms with Gasteiger partial charge in [0.05, 0.1) is 5.75 Å². The summed E-state index contributed by atoms with van der Waals surface area (Å²) in [7, 11) is -2.79. The lowest BCUT2D eigenvalue weighted by Crippen LogP contribution is -2.43. The van der Waals surface area contributed by atoms with Gasteiger partial charge in [-0.05, 0) is 50.6 Å². The Kier molecular flexibility index (Phi) is 5.91. The molecule has 0 N–H and O–H groups in total. The van der Waals surface area contributed by atoms with E-state index in [0.29, 0.717) is 11.2 Å². The zero-order chi connectivity index (χ0) is 14.5. The van der Waals surface area contributed by atoms with E-state index in [1.54, 1.807) is 6.92 Å². The quantitative estimate of drug-likeness (QED) is 0.782. The van der Waals surface area contributed by atoms with E-state index in [-0.39, 0.29) is 5.75 Å². The van der Waals surface area contributed by atoms with E-state index in [0.717, 1.165) is 13.0 Å². The number of piperidine rings is 1. The van der Waals surface area contributed by atoms with E-state index in [1.165, 1.54) is 64.5 Å². The minimum atomic E-state index is -2.79. The third-order valence-electron chi connectivity index (χ3n) is 5.27. The number of likely N-dealkylation sites (tertiary alicyclic amines) is 1. The SMILES string of the molecule is CCS(=O)(=O)CCCN1CCCC2(CCCCCC2)C1. The average molecular weight is 301 g/mol. The van der Waals surface area contributed by atoms with Crippen molar-refractivity contribution >= 4 is 9.84 Å². The van der Waals surface area contributed by atoms with Crippen LogP contribution in [0.3, 0.4) is 0 Å². The molecule has 118 valence electrons. The summed E-state index contributed by atoms with van der Waals surface area (Å²) < 4.78 is 23.1. The Labute approximate surface area is 125 Å². The molecule has 1 spiro atoms. The summed E-state index contributed by atoms with van der Waals surface area (Å²) in [6, 6.07) is 0. The first-order valence-electron chi connectivity index (χ1n) is 8.48. The maximum absolute atomic E-state index is 11.6. The highest BCUT2D eigenvalue weighted by Gasteiger charge is 2.35. The second-order valence-corrected chi connectivity index (χ2v) is 9.36. The number of rotatable bonds is 5.